The van der Waals surface area contributed by atoms with Crippen molar-refractivity contribution in [2.75, 3.05) is 0 Å². The predicted molar refractivity (Wildman–Crippen MR) is 193 cm³/mol. The molecule has 6 rings (SSSR count). The van der Waals surface area contributed by atoms with Crippen LogP contribution in [0.5, 0.6) is 23.0 Å². The lowest BCUT2D eigenvalue weighted by molar-refractivity contribution is 0.103. The van der Waals surface area contributed by atoms with Crippen LogP contribution in [-0.2, 0) is 13.2 Å². The van der Waals surface area contributed by atoms with E-state index in [1.165, 1.54) is 42.5 Å². The number of carbonyl (C=O) groups is 2. The average Bonchev–Trinajstić information content (AvgIpc) is 3.17. The highest BCUT2D eigenvalue weighted by Crippen LogP contribution is 2.26. The summed E-state index contributed by atoms with van der Waals surface area (Å²) in [5.74, 6) is -0.241. The Morgan fingerprint density at radius 3 is 1.47 bits per heavy atom. The van der Waals surface area contributed by atoms with Crippen LogP contribution in [0.1, 0.15) is 43.2 Å². The van der Waals surface area contributed by atoms with E-state index in [0.717, 1.165) is 11.1 Å². The van der Waals surface area contributed by atoms with E-state index >= 15 is 0 Å². The highest BCUT2D eigenvalue weighted by Gasteiger charge is 2.12. The molecule has 0 aliphatic carbocycles. The van der Waals surface area contributed by atoms with Crippen molar-refractivity contribution in [3.05, 3.63) is 191 Å². The minimum Gasteiger partial charge on any atom is -0.507 e. The van der Waals surface area contributed by atoms with Crippen molar-refractivity contribution >= 4 is 23.7 Å². The molecule has 0 spiro atoms. The number of phenols is 2. The number of rotatable bonds is 12. The van der Waals surface area contributed by atoms with E-state index in [-0.39, 0.29) is 46.6 Å². The molecule has 6 aromatic rings. The molecule has 0 saturated heterocycles. The van der Waals surface area contributed by atoms with Crippen LogP contribution in [0.2, 0.25) is 0 Å². The van der Waals surface area contributed by atoms with Crippen LogP contribution >= 0.6 is 0 Å². The number of hydrogen-bond donors (Lipinski definition) is 2. The van der Waals surface area contributed by atoms with Crippen LogP contribution in [0.15, 0.2) is 152 Å². The summed E-state index contributed by atoms with van der Waals surface area (Å²) >= 11 is 0. The maximum atomic E-state index is 12.9. The van der Waals surface area contributed by atoms with Gasteiger partial charge in [0.05, 0.1) is 22.5 Å². The van der Waals surface area contributed by atoms with Gasteiger partial charge in [-0.3, -0.25) is 19.6 Å². The van der Waals surface area contributed by atoms with Crippen LogP contribution in [-0.4, -0.2) is 31.7 Å². The number of carbonyl (C=O) groups excluding carboxylic acids is 2. The van der Waals surface area contributed by atoms with Crippen LogP contribution < -0.4 is 9.47 Å². The normalized spacial score (nSPS) is 10.8. The van der Waals surface area contributed by atoms with Crippen molar-refractivity contribution in [2.24, 2.45) is 0 Å². The Kier molecular flexibility index (Phi) is 12.5. The molecule has 254 valence electrons. The van der Waals surface area contributed by atoms with Gasteiger partial charge in [-0.2, -0.15) is 0 Å². The Morgan fingerprint density at radius 1 is 0.569 bits per heavy atom. The van der Waals surface area contributed by atoms with Gasteiger partial charge in [-0.1, -0.05) is 54.6 Å². The van der Waals surface area contributed by atoms with E-state index in [4.69, 9.17) is 9.47 Å². The van der Waals surface area contributed by atoms with Gasteiger partial charge in [0.1, 0.15) is 42.0 Å². The van der Waals surface area contributed by atoms with Crippen molar-refractivity contribution in [2.45, 2.75) is 13.2 Å². The quantitative estimate of drug-likeness (QED) is 0.0974. The zero-order valence-corrected chi connectivity index (χ0v) is 27.3. The smallest absolute Gasteiger partial charge is 0.189 e. The molecular weight excluding hydrogens is 647 g/mol. The molecular formula is C42H33FN2O6. The highest BCUT2D eigenvalue weighted by molar-refractivity contribution is 6.09. The van der Waals surface area contributed by atoms with Gasteiger partial charge in [0.2, 0.25) is 0 Å². The first kappa shape index (κ1) is 35.4. The second-order valence-corrected chi connectivity index (χ2v) is 11.0. The fraction of sp³-hybridized carbons (Fsp3) is 0.0476. The number of aromatic nitrogens is 2. The number of nitrogens with zero attached hydrogens (tertiary/aromatic N) is 2. The molecule has 9 heteroatoms. The predicted octanol–water partition coefficient (Wildman–Crippen LogP) is 8.66. The monoisotopic (exact) mass is 680 g/mol. The highest BCUT2D eigenvalue weighted by atomic mass is 19.1. The molecule has 0 aliphatic heterocycles. The van der Waals surface area contributed by atoms with E-state index in [0.29, 0.717) is 29.5 Å². The summed E-state index contributed by atoms with van der Waals surface area (Å²) in [4.78, 5) is 32.9. The molecule has 4 aromatic carbocycles. The zero-order chi connectivity index (χ0) is 35.8. The average molecular weight is 681 g/mol. The molecule has 0 atom stereocenters. The summed E-state index contributed by atoms with van der Waals surface area (Å²) in [6, 6.07) is 35.6. The van der Waals surface area contributed by atoms with Gasteiger partial charge in [0.25, 0.3) is 0 Å². The number of ketones is 2. The van der Waals surface area contributed by atoms with Gasteiger partial charge >= 0.3 is 0 Å². The van der Waals surface area contributed by atoms with Crippen molar-refractivity contribution in [3.8, 4) is 23.0 Å². The summed E-state index contributed by atoms with van der Waals surface area (Å²) in [6.45, 7) is 0.617. The fourth-order valence-corrected chi connectivity index (χ4v) is 4.54. The first-order valence-corrected chi connectivity index (χ1v) is 15.8. The molecule has 2 heterocycles. The standard InChI is InChI=1S/C21H16FNO3.C21H17NO3/c22-16-6-4-15(5-7-16)14-26-18-9-11-21(25)19(13-18)20(24)10-8-17-3-1-2-12-23-17;23-20(11-9-17-8-4-5-13-22-17)19-14-18(10-12-21(19)24)25-15-16-6-2-1-3-7-16/h1-13,25H,14H2;1-14,24H,15H2. The summed E-state index contributed by atoms with van der Waals surface area (Å²) in [5.41, 5.74) is 3.46. The number of pyridine rings is 2. The van der Waals surface area contributed by atoms with Gasteiger partial charge < -0.3 is 19.7 Å². The third-order valence-electron chi connectivity index (χ3n) is 7.22. The topological polar surface area (TPSA) is 119 Å². The van der Waals surface area contributed by atoms with Gasteiger partial charge in [0.15, 0.2) is 11.6 Å². The van der Waals surface area contributed by atoms with E-state index in [1.54, 1.807) is 79.1 Å². The number of halogens is 1. The lowest BCUT2D eigenvalue weighted by atomic mass is 10.1. The van der Waals surface area contributed by atoms with Crippen molar-refractivity contribution < 1.29 is 33.7 Å². The first-order chi connectivity index (χ1) is 24.8. The number of hydrogen-bond acceptors (Lipinski definition) is 8. The Hall–Kier alpha value is -6.87. The van der Waals surface area contributed by atoms with Crippen LogP contribution in [0.25, 0.3) is 12.2 Å². The molecule has 0 amide bonds. The molecule has 2 aromatic heterocycles. The molecule has 0 radical (unpaired) electrons. The van der Waals surface area contributed by atoms with E-state index in [1.807, 2.05) is 42.5 Å². The van der Waals surface area contributed by atoms with E-state index in [2.05, 4.69) is 9.97 Å². The number of phenolic OH excluding ortho intramolecular Hbond substituents is 2. The lowest BCUT2D eigenvalue weighted by Crippen LogP contribution is -1.99. The van der Waals surface area contributed by atoms with E-state index in [9.17, 15) is 24.2 Å². The second-order valence-electron chi connectivity index (χ2n) is 11.0. The summed E-state index contributed by atoms with van der Waals surface area (Å²) in [6.07, 6.45) is 9.21. The molecule has 0 fully saturated rings. The van der Waals surface area contributed by atoms with Crippen molar-refractivity contribution in [1.82, 2.24) is 9.97 Å². The molecule has 0 bridgehead atoms. The Bertz CT molecular complexity index is 2100. The largest absolute Gasteiger partial charge is 0.507 e. The Morgan fingerprint density at radius 2 is 1.02 bits per heavy atom. The number of allylic oxidation sites excluding steroid dienone is 2. The number of benzene rings is 4. The second kappa shape index (κ2) is 18.0. The molecule has 2 N–H and O–H groups in total. The molecule has 0 unspecified atom stereocenters. The summed E-state index contributed by atoms with van der Waals surface area (Å²) in [7, 11) is 0. The SMILES string of the molecule is O=C(C=Cc1ccccn1)c1cc(OCc2ccc(F)cc2)ccc1O.O=C(C=Cc1ccccn1)c1cc(OCc2ccccc2)ccc1O. The van der Waals surface area contributed by atoms with Gasteiger partial charge in [-0.25, -0.2) is 4.39 Å². The molecule has 51 heavy (non-hydrogen) atoms. The fourth-order valence-electron chi connectivity index (χ4n) is 4.54. The first-order valence-electron chi connectivity index (χ1n) is 15.8. The minimum absolute atomic E-state index is 0.0808. The lowest BCUT2D eigenvalue weighted by Gasteiger charge is -2.08. The van der Waals surface area contributed by atoms with Crippen molar-refractivity contribution in [3.63, 3.8) is 0 Å². The Labute approximate surface area is 294 Å². The van der Waals surface area contributed by atoms with Gasteiger partial charge in [-0.05, 0) is 108 Å². The molecule has 0 aliphatic rings. The maximum absolute atomic E-state index is 12.9. The molecule has 0 saturated carbocycles. The number of aromatic hydroxyl groups is 2. The van der Waals surface area contributed by atoms with Crippen molar-refractivity contribution in [1.29, 1.82) is 0 Å². The minimum atomic E-state index is -0.361. The van der Waals surface area contributed by atoms with Crippen LogP contribution in [0.3, 0.4) is 0 Å². The van der Waals surface area contributed by atoms with Gasteiger partial charge in [0, 0.05) is 12.4 Å². The maximum Gasteiger partial charge on any atom is 0.189 e. The third-order valence-corrected chi connectivity index (χ3v) is 7.22. The van der Waals surface area contributed by atoms with Crippen LogP contribution in [0.4, 0.5) is 4.39 Å². The summed E-state index contributed by atoms with van der Waals surface area (Å²) in [5, 5.41) is 19.9. The van der Waals surface area contributed by atoms with Crippen LogP contribution in [0, 0.1) is 5.82 Å². The Balaban J connectivity index is 0.000000198. The zero-order valence-electron chi connectivity index (χ0n) is 27.3. The third kappa shape index (κ3) is 11.1. The summed E-state index contributed by atoms with van der Waals surface area (Å²) < 4.78 is 24.2. The van der Waals surface area contributed by atoms with Gasteiger partial charge in [-0.15, -0.1) is 0 Å². The number of ether oxygens (including phenoxy) is 2. The van der Waals surface area contributed by atoms with E-state index < -0.39 is 0 Å². The molecule has 8 nitrogen and oxygen atoms in total.